The molecule has 0 aliphatic rings. The van der Waals surface area contributed by atoms with Gasteiger partial charge in [-0.3, -0.25) is 20.1 Å². The van der Waals surface area contributed by atoms with Crippen LogP contribution in [0, 0.1) is 12.7 Å². The molecule has 6 aromatic rings. The van der Waals surface area contributed by atoms with E-state index < -0.39 is 5.82 Å². The molecule has 0 aliphatic carbocycles. The van der Waals surface area contributed by atoms with E-state index in [0.717, 1.165) is 33.2 Å². The Bertz CT molecular complexity index is 1690. The van der Waals surface area contributed by atoms with Crippen LogP contribution in [0.3, 0.4) is 0 Å². The summed E-state index contributed by atoms with van der Waals surface area (Å²) in [6.07, 6.45) is 6.97. The number of methoxy groups -OCH3 is 1. The molecule has 0 spiro atoms. The Morgan fingerprint density at radius 3 is 2.71 bits per heavy atom. The average molecular weight is 451 g/mol. The minimum Gasteiger partial charge on any atom is -0.497 e. The molecular weight excluding hydrogens is 433 g/mol. The standard InChI is InChI=1S/C25H18FN7O/c1-13-3-5-27-11-18(13)20-10-17-21(12-29-20)32-33-23(17)25-30-19-4-6-28-22(24(19)31-25)14-7-15(26)9-16(8-14)34-2/h3-12H,1-2H3,(H,30,31)(H,32,33). The van der Waals surface area contributed by atoms with E-state index in [9.17, 15) is 4.39 Å². The second kappa shape index (κ2) is 7.73. The summed E-state index contributed by atoms with van der Waals surface area (Å²) < 4.78 is 19.4. The first-order valence-electron chi connectivity index (χ1n) is 10.6. The highest BCUT2D eigenvalue weighted by Crippen LogP contribution is 2.33. The zero-order chi connectivity index (χ0) is 23.2. The molecule has 9 heteroatoms. The Morgan fingerprint density at radius 1 is 0.941 bits per heavy atom. The predicted molar refractivity (Wildman–Crippen MR) is 127 cm³/mol. The number of hydrogen-bond acceptors (Lipinski definition) is 6. The summed E-state index contributed by atoms with van der Waals surface area (Å²) in [6, 6.07) is 10.2. The van der Waals surface area contributed by atoms with Gasteiger partial charge in [-0.05, 0) is 42.8 Å². The Balaban J connectivity index is 1.51. The summed E-state index contributed by atoms with van der Waals surface area (Å²) in [5, 5.41) is 8.38. The number of halogens is 1. The monoisotopic (exact) mass is 451 g/mol. The highest BCUT2D eigenvalue weighted by Gasteiger charge is 2.18. The number of aromatic nitrogens is 7. The van der Waals surface area contributed by atoms with Gasteiger partial charge in [-0.1, -0.05) is 0 Å². The van der Waals surface area contributed by atoms with E-state index >= 15 is 0 Å². The Labute approximate surface area is 192 Å². The summed E-state index contributed by atoms with van der Waals surface area (Å²) in [6.45, 7) is 2.02. The molecule has 5 aromatic heterocycles. The van der Waals surface area contributed by atoms with Crippen molar-refractivity contribution in [1.29, 1.82) is 0 Å². The fourth-order valence-electron chi connectivity index (χ4n) is 4.05. The van der Waals surface area contributed by atoms with Crippen molar-refractivity contribution in [3.05, 3.63) is 72.6 Å². The molecule has 1 aromatic carbocycles. The highest BCUT2D eigenvalue weighted by molar-refractivity contribution is 5.97. The number of ether oxygens (including phenoxy) is 1. The summed E-state index contributed by atoms with van der Waals surface area (Å²) in [5.74, 6) is 0.570. The van der Waals surface area contributed by atoms with E-state index in [2.05, 4.69) is 30.1 Å². The predicted octanol–water partition coefficient (Wildman–Crippen LogP) is 5.08. The zero-order valence-corrected chi connectivity index (χ0v) is 18.3. The number of aryl methyl sites for hydroxylation is 1. The lowest BCUT2D eigenvalue weighted by Gasteiger charge is -2.05. The molecule has 0 atom stereocenters. The lowest BCUT2D eigenvalue weighted by molar-refractivity contribution is 0.411. The minimum absolute atomic E-state index is 0.409. The van der Waals surface area contributed by atoms with Gasteiger partial charge in [-0.2, -0.15) is 5.10 Å². The van der Waals surface area contributed by atoms with Crippen molar-refractivity contribution in [2.75, 3.05) is 7.11 Å². The third-order valence-corrected chi connectivity index (χ3v) is 5.77. The Hall–Kier alpha value is -4.66. The fraction of sp³-hybridized carbons (Fsp3) is 0.0800. The van der Waals surface area contributed by atoms with E-state index in [0.29, 0.717) is 34.0 Å². The molecule has 0 amide bonds. The summed E-state index contributed by atoms with van der Waals surface area (Å²) in [7, 11) is 1.50. The third kappa shape index (κ3) is 3.25. The third-order valence-electron chi connectivity index (χ3n) is 5.77. The lowest BCUT2D eigenvalue weighted by Crippen LogP contribution is -1.90. The zero-order valence-electron chi connectivity index (χ0n) is 18.3. The molecule has 34 heavy (non-hydrogen) atoms. The van der Waals surface area contributed by atoms with Gasteiger partial charge in [0, 0.05) is 41.2 Å². The van der Waals surface area contributed by atoms with Crippen LogP contribution in [0.15, 0.2) is 61.2 Å². The normalized spacial score (nSPS) is 11.4. The second-order valence-corrected chi connectivity index (χ2v) is 7.90. The number of aromatic amines is 2. The summed E-state index contributed by atoms with van der Waals surface area (Å²) >= 11 is 0. The number of imidazole rings is 1. The van der Waals surface area contributed by atoms with Gasteiger partial charge in [0.05, 0.1) is 35.7 Å². The number of nitrogens with zero attached hydrogens (tertiary/aromatic N) is 5. The van der Waals surface area contributed by atoms with Crippen LogP contribution < -0.4 is 4.74 Å². The van der Waals surface area contributed by atoms with Crippen molar-refractivity contribution in [1.82, 2.24) is 35.1 Å². The largest absolute Gasteiger partial charge is 0.497 e. The van der Waals surface area contributed by atoms with Crippen LogP contribution in [-0.4, -0.2) is 42.2 Å². The van der Waals surface area contributed by atoms with Gasteiger partial charge >= 0.3 is 0 Å². The van der Waals surface area contributed by atoms with Gasteiger partial charge in [0.1, 0.15) is 22.8 Å². The number of fused-ring (bicyclic) bond motifs is 2. The molecule has 0 aliphatic heterocycles. The molecule has 0 unspecified atom stereocenters. The van der Waals surface area contributed by atoms with Crippen LogP contribution in [-0.2, 0) is 0 Å². The van der Waals surface area contributed by atoms with Crippen LogP contribution in [0.1, 0.15) is 5.56 Å². The molecule has 0 saturated carbocycles. The summed E-state index contributed by atoms with van der Waals surface area (Å²) in [5.41, 5.74) is 6.76. The van der Waals surface area contributed by atoms with Crippen molar-refractivity contribution in [3.8, 4) is 39.8 Å². The van der Waals surface area contributed by atoms with E-state index in [4.69, 9.17) is 9.72 Å². The van der Waals surface area contributed by atoms with Crippen LogP contribution in [0.5, 0.6) is 5.75 Å². The van der Waals surface area contributed by atoms with Gasteiger partial charge < -0.3 is 9.72 Å². The maximum absolute atomic E-state index is 14.1. The molecule has 166 valence electrons. The topological polar surface area (TPSA) is 105 Å². The highest BCUT2D eigenvalue weighted by atomic mass is 19.1. The average Bonchev–Trinajstić information content (AvgIpc) is 3.47. The maximum atomic E-state index is 14.1. The van der Waals surface area contributed by atoms with E-state index in [1.54, 1.807) is 30.9 Å². The SMILES string of the molecule is COc1cc(F)cc(-c2nccc3[nH]c(-c4n[nH]c5cnc(-c6cnccc6C)cc45)nc23)c1. The quantitative estimate of drug-likeness (QED) is 0.387. The van der Waals surface area contributed by atoms with Crippen molar-refractivity contribution >= 4 is 21.9 Å². The van der Waals surface area contributed by atoms with Crippen molar-refractivity contribution < 1.29 is 9.13 Å². The van der Waals surface area contributed by atoms with Gasteiger partial charge in [0.2, 0.25) is 0 Å². The molecule has 6 rings (SSSR count). The van der Waals surface area contributed by atoms with Crippen LogP contribution >= 0.6 is 0 Å². The molecule has 5 heterocycles. The molecule has 0 saturated heterocycles. The molecule has 0 fully saturated rings. The number of benzene rings is 1. The molecular formula is C25H18FN7O. The second-order valence-electron chi connectivity index (χ2n) is 7.90. The van der Waals surface area contributed by atoms with Crippen LogP contribution in [0.25, 0.3) is 56.0 Å². The number of H-pyrrole nitrogens is 2. The molecule has 8 nitrogen and oxygen atoms in total. The first-order valence-corrected chi connectivity index (χ1v) is 10.6. The molecule has 2 N–H and O–H groups in total. The fourth-order valence-corrected chi connectivity index (χ4v) is 4.05. The van der Waals surface area contributed by atoms with Crippen molar-refractivity contribution in [2.24, 2.45) is 0 Å². The van der Waals surface area contributed by atoms with Gasteiger partial charge in [-0.15, -0.1) is 0 Å². The Kier molecular flexibility index (Phi) is 4.54. The number of hydrogen-bond donors (Lipinski definition) is 2. The number of rotatable bonds is 4. The van der Waals surface area contributed by atoms with Crippen molar-refractivity contribution in [2.45, 2.75) is 6.92 Å². The van der Waals surface area contributed by atoms with E-state index in [-0.39, 0.29) is 0 Å². The van der Waals surface area contributed by atoms with Crippen LogP contribution in [0.2, 0.25) is 0 Å². The van der Waals surface area contributed by atoms with Crippen molar-refractivity contribution in [3.63, 3.8) is 0 Å². The smallest absolute Gasteiger partial charge is 0.159 e. The molecule has 0 radical (unpaired) electrons. The maximum Gasteiger partial charge on any atom is 0.159 e. The van der Waals surface area contributed by atoms with Gasteiger partial charge in [0.25, 0.3) is 0 Å². The van der Waals surface area contributed by atoms with Gasteiger partial charge in [0.15, 0.2) is 5.82 Å². The lowest BCUT2D eigenvalue weighted by atomic mass is 10.1. The van der Waals surface area contributed by atoms with Gasteiger partial charge in [-0.25, -0.2) is 9.37 Å². The number of nitrogens with one attached hydrogen (secondary N) is 2. The first-order chi connectivity index (χ1) is 16.6. The molecule has 0 bridgehead atoms. The summed E-state index contributed by atoms with van der Waals surface area (Å²) in [4.78, 5) is 21.4. The minimum atomic E-state index is -0.409. The Morgan fingerprint density at radius 2 is 1.85 bits per heavy atom. The van der Waals surface area contributed by atoms with E-state index in [1.165, 1.54) is 19.2 Å². The first kappa shape index (κ1) is 20.0. The van der Waals surface area contributed by atoms with E-state index in [1.807, 2.05) is 25.1 Å². The number of pyridine rings is 3. The van der Waals surface area contributed by atoms with Crippen LogP contribution in [0.4, 0.5) is 4.39 Å².